The van der Waals surface area contributed by atoms with Crippen molar-refractivity contribution >= 4 is 21.6 Å². The molecule has 0 amide bonds. The van der Waals surface area contributed by atoms with Gasteiger partial charge in [0, 0.05) is 11.3 Å². The quantitative estimate of drug-likeness (QED) is 0.831. The number of nitrogens with one attached hydrogen (secondary N) is 1. The molecule has 1 aromatic heterocycles. The zero-order valence-electron chi connectivity index (χ0n) is 11.3. The molecule has 2 rings (SSSR count). The number of hydrogen-bond acceptors (Lipinski definition) is 6. The predicted octanol–water partition coefficient (Wildman–Crippen LogP) is 1.68. The van der Waals surface area contributed by atoms with Crippen molar-refractivity contribution < 1.29 is 17.7 Å². The number of methoxy groups -OCH3 is 1. The molecule has 1 heterocycles. The van der Waals surface area contributed by atoms with E-state index >= 15 is 0 Å². The number of nitrogens with zero attached hydrogens (tertiary/aromatic N) is 1. The second-order valence-electron chi connectivity index (χ2n) is 4.24. The van der Waals surface area contributed by atoms with Crippen LogP contribution in [0.4, 0.5) is 11.6 Å². The lowest BCUT2D eigenvalue weighted by Crippen LogP contribution is -2.14. The third kappa shape index (κ3) is 2.55. The summed E-state index contributed by atoms with van der Waals surface area (Å²) in [7, 11) is -2.49. The lowest BCUT2D eigenvalue weighted by Gasteiger charge is -2.10. The van der Waals surface area contributed by atoms with Crippen LogP contribution in [0.1, 0.15) is 11.3 Å². The number of aromatic nitrogens is 1. The number of rotatable bonds is 4. The molecule has 0 atom stereocenters. The maximum Gasteiger partial charge on any atom is 0.268 e. The summed E-state index contributed by atoms with van der Waals surface area (Å²) in [4.78, 5) is -0.0616. The average Bonchev–Trinajstić information content (AvgIpc) is 2.70. The molecule has 0 radical (unpaired) electrons. The summed E-state index contributed by atoms with van der Waals surface area (Å²) in [6.07, 6.45) is 0. The van der Waals surface area contributed by atoms with E-state index in [1.54, 1.807) is 19.9 Å². The van der Waals surface area contributed by atoms with Gasteiger partial charge in [0.05, 0.1) is 12.8 Å². The van der Waals surface area contributed by atoms with E-state index in [4.69, 9.17) is 15.0 Å². The van der Waals surface area contributed by atoms with Crippen LogP contribution in [0.5, 0.6) is 5.75 Å². The summed E-state index contributed by atoms with van der Waals surface area (Å²) in [6, 6.07) is 4.36. The molecular formula is C12H15N3O4S. The van der Waals surface area contributed by atoms with Crippen LogP contribution in [-0.2, 0) is 10.0 Å². The molecule has 0 spiro atoms. The van der Waals surface area contributed by atoms with Gasteiger partial charge < -0.3 is 15.0 Å². The number of sulfonamides is 1. The summed E-state index contributed by atoms with van der Waals surface area (Å²) < 4.78 is 37.0. The van der Waals surface area contributed by atoms with Crippen LogP contribution >= 0.6 is 0 Å². The van der Waals surface area contributed by atoms with E-state index < -0.39 is 10.0 Å². The largest absolute Gasteiger partial charge is 0.495 e. The number of aryl methyl sites for hydroxylation is 1. The minimum Gasteiger partial charge on any atom is -0.495 e. The van der Waals surface area contributed by atoms with Crippen LogP contribution in [0, 0.1) is 13.8 Å². The number of benzene rings is 1. The highest BCUT2D eigenvalue weighted by Gasteiger charge is 2.23. The minimum absolute atomic E-state index is 0.0616. The van der Waals surface area contributed by atoms with E-state index in [0.29, 0.717) is 16.9 Å². The maximum atomic E-state index is 12.4. The fraction of sp³-hybridized carbons (Fsp3) is 0.250. The van der Waals surface area contributed by atoms with Gasteiger partial charge in [0.25, 0.3) is 10.0 Å². The first-order valence-electron chi connectivity index (χ1n) is 5.74. The Morgan fingerprint density at radius 1 is 1.35 bits per heavy atom. The molecule has 0 saturated heterocycles. The Morgan fingerprint density at radius 2 is 2.05 bits per heavy atom. The lowest BCUT2D eigenvalue weighted by atomic mass is 10.3. The van der Waals surface area contributed by atoms with E-state index in [2.05, 4.69) is 9.88 Å². The fourth-order valence-corrected chi connectivity index (χ4v) is 2.84. The zero-order chi connectivity index (χ0) is 14.9. The van der Waals surface area contributed by atoms with E-state index in [1.807, 2.05) is 0 Å². The maximum absolute atomic E-state index is 12.4. The van der Waals surface area contributed by atoms with Crippen molar-refractivity contribution in [2.75, 3.05) is 17.6 Å². The smallest absolute Gasteiger partial charge is 0.268 e. The topological polar surface area (TPSA) is 107 Å². The van der Waals surface area contributed by atoms with E-state index in [-0.39, 0.29) is 16.5 Å². The van der Waals surface area contributed by atoms with Crippen LogP contribution in [0.15, 0.2) is 27.6 Å². The van der Waals surface area contributed by atoms with Crippen LogP contribution in [0.2, 0.25) is 0 Å². The number of nitrogens with two attached hydrogens (primary N) is 1. The molecule has 108 valence electrons. The van der Waals surface area contributed by atoms with E-state index in [9.17, 15) is 8.42 Å². The third-order valence-electron chi connectivity index (χ3n) is 2.86. The van der Waals surface area contributed by atoms with Crippen LogP contribution in [0.3, 0.4) is 0 Å². The average molecular weight is 297 g/mol. The van der Waals surface area contributed by atoms with Gasteiger partial charge in [0.2, 0.25) is 5.88 Å². The van der Waals surface area contributed by atoms with Gasteiger partial charge in [-0.15, -0.1) is 0 Å². The van der Waals surface area contributed by atoms with Gasteiger partial charge in [-0.2, -0.15) is 0 Å². The molecule has 0 aliphatic heterocycles. The number of anilines is 2. The Labute approximate surface area is 116 Å². The lowest BCUT2D eigenvalue weighted by molar-refractivity contribution is 0.402. The minimum atomic E-state index is -3.88. The van der Waals surface area contributed by atoms with Gasteiger partial charge in [-0.25, -0.2) is 13.1 Å². The summed E-state index contributed by atoms with van der Waals surface area (Å²) in [6.45, 7) is 3.43. The molecule has 3 N–H and O–H groups in total. The first-order valence-corrected chi connectivity index (χ1v) is 7.22. The van der Waals surface area contributed by atoms with Crippen LogP contribution < -0.4 is 15.2 Å². The number of hydrogen-bond donors (Lipinski definition) is 2. The molecular weight excluding hydrogens is 282 g/mol. The van der Waals surface area contributed by atoms with E-state index in [0.717, 1.165) is 0 Å². The predicted molar refractivity (Wildman–Crippen MR) is 74.2 cm³/mol. The van der Waals surface area contributed by atoms with Crippen molar-refractivity contribution in [1.29, 1.82) is 0 Å². The molecule has 0 unspecified atom stereocenters. The van der Waals surface area contributed by atoms with Crippen molar-refractivity contribution in [3.8, 4) is 5.75 Å². The van der Waals surface area contributed by atoms with Crippen LogP contribution in [-0.4, -0.2) is 20.7 Å². The Balaban J connectivity index is 2.45. The van der Waals surface area contributed by atoms with Crippen molar-refractivity contribution in [2.24, 2.45) is 0 Å². The Bertz CT molecular complexity index is 737. The molecule has 2 aromatic rings. The van der Waals surface area contributed by atoms with E-state index in [1.165, 1.54) is 19.2 Å². The zero-order valence-corrected chi connectivity index (χ0v) is 12.1. The molecule has 7 nitrogen and oxygen atoms in total. The molecule has 0 fully saturated rings. The van der Waals surface area contributed by atoms with Crippen molar-refractivity contribution in [3.05, 3.63) is 29.5 Å². The second kappa shape index (κ2) is 5.04. The number of ether oxygens (including phenoxy) is 1. The summed E-state index contributed by atoms with van der Waals surface area (Å²) in [5.74, 6) is 0.271. The summed E-state index contributed by atoms with van der Waals surface area (Å²) >= 11 is 0. The molecule has 0 aliphatic rings. The Kier molecular flexibility index (Phi) is 3.58. The fourth-order valence-electron chi connectivity index (χ4n) is 1.59. The molecule has 0 saturated carbocycles. The van der Waals surface area contributed by atoms with Gasteiger partial charge >= 0.3 is 0 Å². The van der Waals surface area contributed by atoms with Crippen molar-refractivity contribution in [1.82, 2.24) is 5.16 Å². The first kappa shape index (κ1) is 14.2. The van der Waals surface area contributed by atoms with Gasteiger partial charge in [0.1, 0.15) is 10.6 Å². The highest BCUT2D eigenvalue weighted by Crippen LogP contribution is 2.29. The third-order valence-corrected chi connectivity index (χ3v) is 4.21. The normalized spacial score (nSPS) is 11.3. The summed E-state index contributed by atoms with van der Waals surface area (Å²) in [5, 5.41) is 3.70. The van der Waals surface area contributed by atoms with Crippen LogP contribution in [0.25, 0.3) is 0 Å². The standard InChI is InChI=1S/C12H15N3O4S/c1-7-8(2)14-19-12(7)15-20(16,17)11-6-9(13)4-5-10(11)18-3/h4-6,15H,13H2,1-3H3. The van der Waals surface area contributed by atoms with Crippen molar-refractivity contribution in [3.63, 3.8) is 0 Å². The van der Waals surface area contributed by atoms with Gasteiger partial charge in [-0.05, 0) is 32.0 Å². The molecule has 1 aromatic carbocycles. The molecule has 8 heteroatoms. The monoisotopic (exact) mass is 297 g/mol. The molecule has 0 aliphatic carbocycles. The number of nitrogen functional groups attached to an aromatic ring is 1. The second-order valence-corrected chi connectivity index (χ2v) is 5.89. The first-order chi connectivity index (χ1) is 9.35. The van der Waals surface area contributed by atoms with Gasteiger partial charge in [-0.1, -0.05) is 5.16 Å². The van der Waals surface area contributed by atoms with Crippen molar-refractivity contribution in [2.45, 2.75) is 18.7 Å². The van der Waals surface area contributed by atoms with Gasteiger partial charge in [-0.3, -0.25) is 0 Å². The Hall–Kier alpha value is -2.22. The summed E-state index contributed by atoms with van der Waals surface area (Å²) in [5.41, 5.74) is 7.17. The highest BCUT2D eigenvalue weighted by atomic mass is 32.2. The molecule has 20 heavy (non-hydrogen) atoms. The highest BCUT2D eigenvalue weighted by molar-refractivity contribution is 7.92. The molecule has 0 bridgehead atoms. The van der Waals surface area contributed by atoms with Gasteiger partial charge in [0.15, 0.2) is 0 Å². The SMILES string of the molecule is COc1ccc(N)cc1S(=O)(=O)Nc1onc(C)c1C. The Morgan fingerprint density at radius 3 is 2.60 bits per heavy atom.